The van der Waals surface area contributed by atoms with Crippen molar-refractivity contribution in [3.63, 3.8) is 0 Å². The lowest BCUT2D eigenvalue weighted by Gasteiger charge is -2.15. The molecule has 0 aliphatic heterocycles. The third kappa shape index (κ3) is 4.54. The van der Waals surface area contributed by atoms with Gasteiger partial charge in [-0.25, -0.2) is 0 Å². The lowest BCUT2D eigenvalue weighted by Crippen LogP contribution is -2.28. The molecule has 1 rings (SSSR count). The summed E-state index contributed by atoms with van der Waals surface area (Å²) in [5.74, 6) is 1.42. The highest BCUT2D eigenvalue weighted by Crippen LogP contribution is 2.14. The Labute approximate surface area is 98.2 Å². The zero-order chi connectivity index (χ0) is 10.6. The Hall–Kier alpha value is -0.730. The van der Waals surface area contributed by atoms with Gasteiger partial charge >= 0.3 is 0 Å². The molecule has 2 nitrogen and oxygen atoms in total. The van der Waals surface area contributed by atoms with Gasteiger partial charge in [0.15, 0.2) is 0 Å². The second-order valence-electron chi connectivity index (χ2n) is 3.96. The number of halogens is 1. The Bertz CT molecular complexity index is 271. The average Bonchev–Trinajstić information content (AvgIpc) is 2.19. The summed E-state index contributed by atoms with van der Waals surface area (Å²) in [6, 6.07) is 8.33. The number of nitrogens with two attached hydrogens (primary N) is 1. The van der Waals surface area contributed by atoms with Crippen LogP contribution in [-0.4, -0.2) is 13.2 Å². The highest BCUT2D eigenvalue weighted by Gasteiger charge is 2.07. The Kier molecular flexibility index (Phi) is 6.37. The standard InChI is InChI=1S/C12H19NO.ClH/c1-9(2)12(13)8-10-4-6-11(14-3)7-5-10;/h4-7,9,12H,8,13H2,1-3H3;1H. The summed E-state index contributed by atoms with van der Waals surface area (Å²) in [6.07, 6.45) is 0.932. The summed E-state index contributed by atoms with van der Waals surface area (Å²) >= 11 is 0. The molecule has 2 N–H and O–H groups in total. The second kappa shape index (κ2) is 6.70. The molecule has 0 saturated carbocycles. The average molecular weight is 230 g/mol. The van der Waals surface area contributed by atoms with Gasteiger partial charge in [0, 0.05) is 6.04 Å². The van der Waals surface area contributed by atoms with E-state index in [0.717, 1.165) is 12.2 Å². The van der Waals surface area contributed by atoms with Gasteiger partial charge in [-0.15, -0.1) is 12.4 Å². The zero-order valence-corrected chi connectivity index (χ0v) is 10.4. The Morgan fingerprint density at radius 3 is 2.13 bits per heavy atom. The predicted octanol–water partition coefficient (Wildman–Crippen LogP) is 2.64. The number of hydrogen-bond acceptors (Lipinski definition) is 2. The lowest BCUT2D eigenvalue weighted by atomic mass is 9.97. The third-order valence-corrected chi connectivity index (χ3v) is 2.49. The molecule has 0 fully saturated rings. The topological polar surface area (TPSA) is 35.2 Å². The van der Waals surface area contributed by atoms with Gasteiger partial charge in [0.2, 0.25) is 0 Å². The molecule has 0 aliphatic carbocycles. The van der Waals surface area contributed by atoms with Crippen LogP contribution in [0.4, 0.5) is 0 Å². The van der Waals surface area contributed by atoms with Crippen LogP contribution >= 0.6 is 12.4 Å². The quantitative estimate of drug-likeness (QED) is 0.862. The summed E-state index contributed by atoms with van der Waals surface area (Å²) < 4.78 is 5.09. The van der Waals surface area contributed by atoms with Gasteiger partial charge in [-0.3, -0.25) is 0 Å². The van der Waals surface area contributed by atoms with E-state index < -0.39 is 0 Å². The van der Waals surface area contributed by atoms with Crippen molar-refractivity contribution in [2.45, 2.75) is 26.3 Å². The van der Waals surface area contributed by atoms with Crippen molar-refractivity contribution in [3.8, 4) is 5.75 Å². The first kappa shape index (κ1) is 14.3. The minimum atomic E-state index is 0. The molecule has 86 valence electrons. The van der Waals surface area contributed by atoms with E-state index in [2.05, 4.69) is 26.0 Å². The molecular formula is C12H20ClNO. The first-order valence-electron chi connectivity index (χ1n) is 5.02. The van der Waals surface area contributed by atoms with E-state index in [1.165, 1.54) is 5.56 Å². The molecule has 0 bridgehead atoms. The third-order valence-electron chi connectivity index (χ3n) is 2.49. The van der Waals surface area contributed by atoms with Crippen molar-refractivity contribution >= 4 is 12.4 Å². The molecule has 1 aromatic rings. The molecule has 3 heteroatoms. The van der Waals surface area contributed by atoms with Crippen molar-refractivity contribution in [2.75, 3.05) is 7.11 Å². The van der Waals surface area contributed by atoms with Crippen molar-refractivity contribution in [1.29, 1.82) is 0 Å². The summed E-state index contributed by atoms with van der Waals surface area (Å²) in [4.78, 5) is 0. The zero-order valence-electron chi connectivity index (χ0n) is 9.57. The fourth-order valence-corrected chi connectivity index (χ4v) is 1.27. The molecule has 1 atom stereocenters. The minimum absolute atomic E-state index is 0. The molecule has 0 radical (unpaired) electrons. The molecule has 0 aromatic heterocycles. The van der Waals surface area contributed by atoms with Gasteiger partial charge in [0.25, 0.3) is 0 Å². The van der Waals surface area contributed by atoms with Gasteiger partial charge in [-0.05, 0) is 30.0 Å². The SMILES string of the molecule is COc1ccc(CC(N)C(C)C)cc1.Cl. The molecule has 0 amide bonds. The van der Waals surface area contributed by atoms with E-state index in [4.69, 9.17) is 10.5 Å². The van der Waals surface area contributed by atoms with Gasteiger partial charge < -0.3 is 10.5 Å². The van der Waals surface area contributed by atoms with Gasteiger partial charge in [0.1, 0.15) is 5.75 Å². The van der Waals surface area contributed by atoms with Crippen LogP contribution in [-0.2, 0) is 6.42 Å². The van der Waals surface area contributed by atoms with E-state index in [0.29, 0.717) is 5.92 Å². The van der Waals surface area contributed by atoms with Crippen LogP contribution in [0.25, 0.3) is 0 Å². The first-order chi connectivity index (χ1) is 6.63. The highest BCUT2D eigenvalue weighted by molar-refractivity contribution is 5.85. The maximum Gasteiger partial charge on any atom is 0.118 e. The number of ether oxygens (including phenoxy) is 1. The maximum absolute atomic E-state index is 5.99. The molecular weight excluding hydrogens is 210 g/mol. The van der Waals surface area contributed by atoms with E-state index >= 15 is 0 Å². The Morgan fingerprint density at radius 2 is 1.73 bits per heavy atom. The first-order valence-corrected chi connectivity index (χ1v) is 5.02. The molecule has 1 unspecified atom stereocenters. The van der Waals surface area contributed by atoms with Crippen LogP contribution in [0, 0.1) is 5.92 Å². The van der Waals surface area contributed by atoms with E-state index in [-0.39, 0.29) is 18.4 Å². The Balaban J connectivity index is 0.00000196. The second-order valence-corrected chi connectivity index (χ2v) is 3.96. The number of hydrogen-bond donors (Lipinski definition) is 1. The predicted molar refractivity (Wildman–Crippen MR) is 66.8 cm³/mol. The van der Waals surface area contributed by atoms with Crippen LogP contribution in [0.3, 0.4) is 0 Å². The van der Waals surface area contributed by atoms with Crippen molar-refractivity contribution in [3.05, 3.63) is 29.8 Å². The maximum atomic E-state index is 5.99. The number of benzene rings is 1. The van der Waals surface area contributed by atoms with Crippen molar-refractivity contribution in [1.82, 2.24) is 0 Å². The van der Waals surface area contributed by atoms with Crippen LogP contribution in [0.5, 0.6) is 5.75 Å². The van der Waals surface area contributed by atoms with E-state index in [1.54, 1.807) is 7.11 Å². The van der Waals surface area contributed by atoms with Crippen molar-refractivity contribution in [2.24, 2.45) is 11.7 Å². The molecule has 15 heavy (non-hydrogen) atoms. The fraction of sp³-hybridized carbons (Fsp3) is 0.500. The number of methoxy groups -OCH3 is 1. The molecule has 1 aromatic carbocycles. The normalized spacial score (nSPS) is 12.1. The van der Waals surface area contributed by atoms with Gasteiger partial charge in [-0.1, -0.05) is 26.0 Å². The van der Waals surface area contributed by atoms with E-state index in [9.17, 15) is 0 Å². The summed E-state index contributed by atoms with van der Waals surface area (Å²) in [5, 5.41) is 0. The van der Waals surface area contributed by atoms with Crippen LogP contribution in [0.1, 0.15) is 19.4 Å². The molecule has 0 spiro atoms. The summed E-state index contributed by atoms with van der Waals surface area (Å²) in [6.45, 7) is 4.29. The smallest absolute Gasteiger partial charge is 0.118 e. The van der Waals surface area contributed by atoms with Crippen LogP contribution in [0.2, 0.25) is 0 Å². The largest absolute Gasteiger partial charge is 0.497 e. The van der Waals surface area contributed by atoms with Crippen molar-refractivity contribution < 1.29 is 4.74 Å². The lowest BCUT2D eigenvalue weighted by molar-refractivity contribution is 0.414. The van der Waals surface area contributed by atoms with Crippen LogP contribution in [0.15, 0.2) is 24.3 Å². The Morgan fingerprint density at radius 1 is 1.20 bits per heavy atom. The highest BCUT2D eigenvalue weighted by atomic mass is 35.5. The molecule has 0 heterocycles. The number of rotatable bonds is 4. The minimum Gasteiger partial charge on any atom is -0.497 e. The van der Waals surface area contributed by atoms with Crippen LogP contribution < -0.4 is 10.5 Å². The molecule has 0 aliphatic rings. The molecule has 0 saturated heterocycles. The summed E-state index contributed by atoms with van der Waals surface area (Å²) in [7, 11) is 1.68. The fourth-order valence-electron chi connectivity index (χ4n) is 1.27. The summed E-state index contributed by atoms with van der Waals surface area (Å²) in [5.41, 5.74) is 7.26. The van der Waals surface area contributed by atoms with Gasteiger partial charge in [0.05, 0.1) is 7.11 Å². The van der Waals surface area contributed by atoms with E-state index in [1.807, 2.05) is 12.1 Å². The van der Waals surface area contributed by atoms with Gasteiger partial charge in [-0.2, -0.15) is 0 Å². The monoisotopic (exact) mass is 229 g/mol.